The number of aromatic nitrogens is 2. The molecular weight excluding hydrogens is 579 g/mol. The number of unbranched alkanes of at least 4 members (excludes halogenated alkanes) is 1. The van der Waals surface area contributed by atoms with Crippen LogP contribution in [0.3, 0.4) is 0 Å². The number of nitrogens with one attached hydrogen (secondary N) is 1. The largest absolute Gasteiger partial charge is 0.634 e. The van der Waals surface area contributed by atoms with E-state index >= 15 is 0 Å². The first kappa shape index (κ1) is 30.4. The van der Waals surface area contributed by atoms with Gasteiger partial charge in [-0.05, 0) is 48.0 Å². The van der Waals surface area contributed by atoms with E-state index in [1.165, 1.54) is 5.57 Å². The minimum atomic E-state index is -4.51. The van der Waals surface area contributed by atoms with Crippen LogP contribution in [-0.4, -0.2) is 34.6 Å². The average molecular weight is 616 g/mol. The highest BCUT2D eigenvalue weighted by Crippen LogP contribution is 2.52. The number of allylic oxidation sites excluding steroid dienone is 3. The number of halogens is 3. The summed E-state index contributed by atoms with van der Waals surface area (Å²) in [4.78, 5) is 5.06. The number of thioether (sulfide) groups is 1. The molecule has 1 aromatic heterocycles. The molecule has 1 heterocycles. The van der Waals surface area contributed by atoms with Crippen LogP contribution < -0.4 is 5.06 Å². The van der Waals surface area contributed by atoms with Gasteiger partial charge >= 0.3 is 6.18 Å². The predicted molar refractivity (Wildman–Crippen MR) is 172 cm³/mol. The molecule has 0 saturated heterocycles. The van der Waals surface area contributed by atoms with Crippen molar-refractivity contribution in [3.8, 4) is 22.5 Å². The third kappa shape index (κ3) is 6.16. The number of quaternary nitrogens is 1. The molecular formula is C36H36F3N3OS. The Morgan fingerprint density at radius 3 is 2.34 bits per heavy atom. The Bertz CT molecular complexity index is 1660. The monoisotopic (exact) mass is 615 g/mol. The number of fused-ring (bicyclic) bond motifs is 2. The van der Waals surface area contributed by atoms with Crippen molar-refractivity contribution in [3.05, 3.63) is 119 Å². The van der Waals surface area contributed by atoms with Gasteiger partial charge in [0.1, 0.15) is 0 Å². The highest BCUT2D eigenvalue weighted by atomic mass is 32.2. The van der Waals surface area contributed by atoms with E-state index in [2.05, 4.69) is 47.1 Å². The molecule has 0 saturated carbocycles. The van der Waals surface area contributed by atoms with Crippen LogP contribution >= 0.6 is 11.8 Å². The Hall–Kier alpha value is -3.59. The second-order valence-corrected chi connectivity index (χ2v) is 12.7. The molecule has 0 fully saturated rings. The smallest absolute Gasteiger partial charge is 0.438 e. The number of nitrogens with zero attached hydrogens (tertiary/aromatic N) is 2. The maximum absolute atomic E-state index is 13.3. The van der Waals surface area contributed by atoms with Gasteiger partial charge in [0.2, 0.25) is 0 Å². The normalized spacial score (nSPS) is 18.4. The van der Waals surface area contributed by atoms with Crippen molar-refractivity contribution in [2.45, 2.75) is 48.9 Å². The summed E-state index contributed by atoms with van der Waals surface area (Å²) in [5.41, 5.74) is 7.76. The first-order chi connectivity index (χ1) is 21.3. The summed E-state index contributed by atoms with van der Waals surface area (Å²) >= 11 is 1.69. The summed E-state index contributed by atoms with van der Waals surface area (Å²) < 4.78 is 42.0. The fraction of sp³-hybridized carbons (Fsp3) is 0.306. The van der Waals surface area contributed by atoms with Crippen LogP contribution in [0.5, 0.6) is 0 Å². The highest BCUT2D eigenvalue weighted by Gasteiger charge is 2.47. The fourth-order valence-electron chi connectivity index (χ4n) is 6.89. The zero-order valence-electron chi connectivity index (χ0n) is 24.7. The van der Waals surface area contributed by atoms with Crippen molar-refractivity contribution in [2.24, 2.45) is 7.05 Å². The maximum atomic E-state index is 13.3. The number of hydrogen-bond acceptors (Lipinski definition) is 3. The molecule has 2 aliphatic carbocycles. The van der Waals surface area contributed by atoms with Gasteiger partial charge in [-0.1, -0.05) is 115 Å². The molecule has 3 aromatic carbocycles. The maximum Gasteiger partial charge on any atom is 0.438 e. The zero-order chi connectivity index (χ0) is 30.7. The van der Waals surface area contributed by atoms with Crippen molar-refractivity contribution in [3.63, 3.8) is 0 Å². The van der Waals surface area contributed by atoms with Crippen LogP contribution in [0.15, 0.2) is 108 Å². The summed E-state index contributed by atoms with van der Waals surface area (Å²) in [6.45, 7) is -1.51. The number of hydroxylamine groups is 2. The molecule has 8 heteroatoms. The molecule has 0 amide bonds. The van der Waals surface area contributed by atoms with Gasteiger partial charge in [-0.3, -0.25) is 0 Å². The van der Waals surface area contributed by atoms with E-state index in [-0.39, 0.29) is 6.54 Å². The second-order valence-electron chi connectivity index (χ2n) is 11.7. The minimum absolute atomic E-state index is 0.125. The second kappa shape index (κ2) is 12.8. The van der Waals surface area contributed by atoms with Crippen molar-refractivity contribution in [1.82, 2.24) is 9.55 Å². The lowest BCUT2D eigenvalue weighted by atomic mass is 9.72. The lowest BCUT2D eigenvalue weighted by Gasteiger charge is -2.38. The molecule has 2 unspecified atom stereocenters. The first-order valence-electron chi connectivity index (χ1n) is 15.2. The van der Waals surface area contributed by atoms with E-state index in [0.29, 0.717) is 6.42 Å². The molecule has 2 aliphatic rings. The summed E-state index contributed by atoms with van der Waals surface area (Å²) in [5, 5.41) is 13.1. The van der Waals surface area contributed by atoms with E-state index in [1.807, 2.05) is 61.6 Å². The number of rotatable bonds is 11. The van der Waals surface area contributed by atoms with Crippen molar-refractivity contribution in [1.29, 1.82) is 0 Å². The molecule has 0 spiro atoms. The topological polar surface area (TPSA) is 45.3 Å². The van der Waals surface area contributed by atoms with Crippen molar-refractivity contribution < 1.29 is 18.2 Å². The number of imidazole rings is 1. The molecule has 228 valence electrons. The number of alkyl halides is 3. The van der Waals surface area contributed by atoms with E-state index in [4.69, 9.17) is 4.98 Å². The fourth-order valence-corrected chi connectivity index (χ4v) is 7.87. The van der Waals surface area contributed by atoms with Crippen LogP contribution in [-0.2, 0) is 12.5 Å². The lowest BCUT2D eigenvalue weighted by molar-refractivity contribution is -0.864. The minimum Gasteiger partial charge on any atom is -0.634 e. The summed E-state index contributed by atoms with van der Waals surface area (Å²) in [6.07, 6.45) is 3.66. The molecule has 0 bridgehead atoms. The van der Waals surface area contributed by atoms with Gasteiger partial charge in [0.25, 0.3) is 0 Å². The van der Waals surface area contributed by atoms with Crippen LogP contribution in [0.1, 0.15) is 43.2 Å². The third-order valence-corrected chi connectivity index (χ3v) is 9.84. The Morgan fingerprint density at radius 1 is 0.932 bits per heavy atom. The van der Waals surface area contributed by atoms with Gasteiger partial charge in [0.05, 0.1) is 23.3 Å². The molecule has 4 nitrogen and oxygen atoms in total. The summed E-state index contributed by atoms with van der Waals surface area (Å²) in [6, 6.07) is 28.4. The standard InChI is InChI=1S/C36H36F3N3OS/c1-41-33(27-16-6-3-7-17-27)32(26-14-4-2-5-15-26)40-34(41)44-23-13-12-22-35(24-42(43)25-36(37,38)39)30-20-10-8-18-28(30)29-19-9-11-21-31(29)35/h2-8,10-11,14-18,20-21,42H,9,12-13,19,22-25H2,1H3. The van der Waals surface area contributed by atoms with Crippen molar-refractivity contribution >= 4 is 17.3 Å². The zero-order valence-corrected chi connectivity index (χ0v) is 25.6. The Kier molecular flexibility index (Phi) is 8.85. The van der Waals surface area contributed by atoms with Crippen LogP contribution in [0.25, 0.3) is 28.1 Å². The van der Waals surface area contributed by atoms with Gasteiger partial charge < -0.3 is 14.8 Å². The van der Waals surface area contributed by atoms with Gasteiger partial charge in [-0.2, -0.15) is 13.2 Å². The molecule has 2 atom stereocenters. The number of benzene rings is 3. The van der Waals surface area contributed by atoms with Crippen LogP contribution in [0, 0.1) is 5.21 Å². The molecule has 0 radical (unpaired) electrons. The quantitative estimate of drug-likeness (QED) is 0.106. The van der Waals surface area contributed by atoms with Gasteiger partial charge in [0.15, 0.2) is 11.7 Å². The van der Waals surface area contributed by atoms with E-state index in [9.17, 15) is 18.4 Å². The molecule has 0 aliphatic heterocycles. The van der Waals surface area contributed by atoms with Gasteiger partial charge in [-0.15, -0.1) is 0 Å². The molecule has 44 heavy (non-hydrogen) atoms. The molecule has 1 N–H and O–H groups in total. The number of hydrogen-bond donors (Lipinski definition) is 1. The third-order valence-electron chi connectivity index (χ3n) is 8.73. The Morgan fingerprint density at radius 2 is 1.61 bits per heavy atom. The summed E-state index contributed by atoms with van der Waals surface area (Å²) in [7, 11) is 2.05. The van der Waals surface area contributed by atoms with Gasteiger partial charge in [-0.25, -0.2) is 4.98 Å². The highest BCUT2D eigenvalue weighted by molar-refractivity contribution is 7.99. The van der Waals surface area contributed by atoms with E-state index in [1.54, 1.807) is 11.8 Å². The van der Waals surface area contributed by atoms with E-state index in [0.717, 1.165) is 75.8 Å². The average Bonchev–Trinajstić information content (AvgIpc) is 3.49. The van der Waals surface area contributed by atoms with Crippen LogP contribution in [0.2, 0.25) is 0 Å². The summed E-state index contributed by atoms with van der Waals surface area (Å²) in [5.74, 6) is 0.809. The predicted octanol–water partition coefficient (Wildman–Crippen LogP) is 8.02. The molecule has 6 rings (SSSR count). The van der Waals surface area contributed by atoms with E-state index < -0.39 is 23.2 Å². The van der Waals surface area contributed by atoms with Gasteiger partial charge in [0, 0.05) is 23.9 Å². The molecule has 4 aromatic rings. The van der Waals surface area contributed by atoms with Crippen LogP contribution in [0.4, 0.5) is 13.2 Å². The Balaban J connectivity index is 1.21. The first-order valence-corrected chi connectivity index (χ1v) is 16.1. The van der Waals surface area contributed by atoms with Crippen molar-refractivity contribution in [2.75, 3.05) is 18.8 Å². The Labute approximate surface area is 260 Å². The SMILES string of the molecule is Cn1c(SCCCCC2(C[NH+]([O-])CC(F)(F)F)C3=C(CCC=C3)c3ccccc32)nc(-c2ccccc2)c1-c1ccccc1. The lowest BCUT2D eigenvalue weighted by Crippen LogP contribution is -3.10.